The van der Waals surface area contributed by atoms with Crippen molar-refractivity contribution in [1.82, 2.24) is 43.6 Å². The van der Waals surface area contributed by atoms with Crippen molar-refractivity contribution in [2.24, 2.45) is 0 Å². The summed E-state index contributed by atoms with van der Waals surface area (Å²) in [5, 5.41) is 28.6. The van der Waals surface area contributed by atoms with Gasteiger partial charge in [-0.25, -0.2) is 15.0 Å². The van der Waals surface area contributed by atoms with E-state index in [-0.39, 0.29) is 17.0 Å². The highest BCUT2D eigenvalue weighted by Crippen LogP contribution is 2.45. The molecule has 14 aromatic rings. The van der Waals surface area contributed by atoms with Gasteiger partial charge in [-0.05, 0) is 71.8 Å². The quantitative estimate of drug-likeness (QED) is 0.154. The first-order valence-electron chi connectivity index (χ1n) is 23.7. The standard InChI is InChI=1S/C62H35N11/c63-33-42-29-40(30-43(34-64)58(42)62-69-60(38-13-3-1-4-14-38)68-61(70-62)39-15-5-2-6-16-39)41-31-56(71-50-20-10-7-17-44(50)47-35-65-26-23-53(47)71)59(73-52-22-12-9-19-46(52)49-37-67-28-25-55(49)73)57(32-41)72-51-21-11-8-18-45(51)48-36-66-27-24-54(48)72/h1-32,35-37H. The molecule has 338 valence electrons. The number of fused-ring (bicyclic) bond motifs is 9. The summed E-state index contributed by atoms with van der Waals surface area (Å²) >= 11 is 0. The second kappa shape index (κ2) is 16.5. The first kappa shape index (κ1) is 41.4. The minimum Gasteiger partial charge on any atom is -0.307 e. The van der Waals surface area contributed by atoms with E-state index in [4.69, 9.17) is 15.0 Å². The lowest BCUT2D eigenvalue weighted by atomic mass is 9.93. The van der Waals surface area contributed by atoms with Crippen LogP contribution >= 0.6 is 0 Å². The molecule has 0 atom stereocenters. The number of aromatic nitrogens is 9. The Morgan fingerprint density at radius 2 is 0.685 bits per heavy atom. The fourth-order valence-electron chi connectivity index (χ4n) is 10.7. The molecule has 0 amide bonds. The number of benzene rings is 7. The van der Waals surface area contributed by atoms with Gasteiger partial charge < -0.3 is 13.7 Å². The monoisotopic (exact) mass is 933 g/mol. The molecule has 73 heavy (non-hydrogen) atoms. The summed E-state index contributed by atoms with van der Waals surface area (Å²) in [5.41, 5.74) is 12.2. The van der Waals surface area contributed by atoms with E-state index in [1.165, 1.54) is 0 Å². The van der Waals surface area contributed by atoms with Crippen LogP contribution in [0.4, 0.5) is 0 Å². The van der Waals surface area contributed by atoms with Crippen LogP contribution in [0.15, 0.2) is 213 Å². The van der Waals surface area contributed by atoms with Crippen LogP contribution in [-0.2, 0) is 0 Å². The zero-order valence-corrected chi connectivity index (χ0v) is 38.6. The van der Waals surface area contributed by atoms with Crippen LogP contribution < -0.4 is 0 Å². The van der Waals surface area contributed by atoms with E-state index in [1.807, 2.05) is 110 Å². The Balaban J connectivity index is 1.13. The van der Waals surface area contributed by atoms with Crippen LogP contribution in [0.2, 0.25) is 0 Å². The molecule has 0 saturated carbocycles. The average molecular weight is 934 g/mol. The maximum absolute atomic E-state index is 11.2. The van der Waals surface area contributed by atoms with E-state index in [0.29, 0.717) is 22.8 Å². The molecule has 11 heteroatoms. The minimum absolute atomic E-state index is 0.225. The molecule has 0 aliphatic heterocycles. The lowest BCUT2D eigenvalue weighted by Crippen LogP contribution is -2.10. The van der Waals surface area contributed by atoms with Gasteiger partial charge in [0.15, 0.2) is 17.5 Å². The van der Waals surface area contributed by atoms with Gasteiger partial charge in [0.2, 0.25) is 0 Å². The van der Waals surface area contributed by atoms with Gasteiger partial charge in [-0.2, -0.15) is 10.5 Å². The molecule has 0 saturated heterocycles. The van der Waals surface area contributed by atoms with E-state index >= 15 is 0 Å². The van der Waals surface area contributed by atoms with Crippen LogP contribution in [-0.4, -0.2) is 43.6 Å². The van der Waals surface area contributed by atoms with Gasteiger partial charge in [-0.15, -0.1) is 0 Å². The van der Waals surface area contributed by atoms with Crippen LogP contribution in [0, 0.1) is 22.7 Å². The Bertz CT molecular complexity index is 4260. The second-order valence-corrected chi connectivity index (χ2v) is 17.8. The van der Waals surface area contributed by atoms with E-state index < -0.39 is 0 Å². The van der Waals surface area contributed by atoms with Crippen molar-refractivity contribution in [1.29, 1.82) is 10.5 Å². The zero-order valence-electron chi connectivity index (χ0n) is 38.6. The summed E-state index contributed by atoms with van der Waals surface area (Å²) in [6.45, 7) is 0. The summed E-state index contributed by atoms with van der Waals surface area (Å²) in [5.74, 6) is 1.08. The average Bonchev–Trinajstić information content (AvgIpc) is 4.11. The number of nitriles is 2. The Morgan fingerprint density at radius 1 is 0.329 bits per heavy atom. The van der Waals surface area contributed by atoms with Crippen molar-refractivity contribution in [3.05, 3.63) is 224 Å². The molecule has 0 N–H and O–H groups in total. The predicted molar refractivity (Wildman–Crippen MR) is 287 cm³/mol. The van der Waals surface area contributed by atoms with Crippen LogP contribution in [0.25, 0.3) is 128 Å². The highest BCUT2D eigenvalue weighted by molar-refractivity contribution is 6.13. The van der Waals surface area contributed by atoms with Crippen molar-refractivity contribution in [3.8, 4) is 74.5 Å². The second-order valence-electron chi connectivity index (χ2n) is 17.8. The van der Waals surface area contributed by atoms with E-state index in [0.717, 1.165) is 99.2 Å². The Kier molecular flexibility index (Phi) is 9.36. The highest BCUT2D eigenvalue weighted by atomic mass is 15.1. The van der Waals surface area contributed by atoms with E-state index in [9.17, 15) is 10.5 Å². The predicted octanol–water partition coefficient (Wildman–Crippen LogP) is 13.8. The summed E-state index contributed by atoms with van der Waals surface area (Å²) in [4.78, 5) is 28.7. The van der Waals surface area contributed by atoms with E-state index in [1.54, 1.807) is 0 Å². The van der Waals surface area contributed by atoms with Crippen LogP contribution in [0.1, 0.15) is 11.1 Å². The van der Waals surface area contributed by atoms with Gasteiger partial charge in [0.25, 0.3) is 0 Å². The molecule has 7 heterocycles. The number of hydrogen-bond acceptors (Lipinski definition) is 8. The van der Waals surface area contributed by atoms with Gasteiger partial charge in [-0.1, -0.05) is 115 Å². The lowest BCUT2D eigenvalue weighted by molar-refractivity contribution is 1.05. The van der Waals surface area contributed by atoms with E-state index in [2.05, 4.69) is 144 Å². The number of rotatable bonds is 7. The van der Waals surface area contributed by atoms with Gasteiger partial charge in [-0.3, -0.25) is 15.0 Å². The zero-order chi connectivity index (χ0) is 48.6. The fraction of sp³-hybridized carbons (Fsp3) is 0. The smallest absolute Gasteiger partial charge is 0.166 e. The molecule has 0 bridgehead atoms. The summed E-state index contributed by atoms with van der Waals surface area (Å²) in [7, 11) is 0. The third-order valence-electron chi connectivity index (χ3n) is 13.8. The Morgan fingerprint density at radius 3 is 1.12 bits per heavy atom. The highest BCUT2D eigenvalue weighted by Gasteiger charge is 2.27. The molecular weight excluding hydrogens is 899 g/mol. The van der Waals surface area contributed by atoms with Crippen LogP contribution in [0.5, 0.6) is 0 Å². The van der Waals surface area contributed by atoms with Gasteiger partial charge in [0, 0.05) is 80.6 Å². The first-order chi connectivity index (χ1) is 36.1. The largest absolute Gasteiger partial charge is 0.307 e. The third kappa shape index (κ3) is 6.44. The third-order valence-corrected chi connectivity index (χ3v) is 13.8. The Hall–Kier alpha value is -10.6. The minimum atomic E-state index is 0.225. The number of para-hydroxylation sites is 3. The maximum atomic E-state index is 11.2. The molecule has 7 aromatic carbocycles. The van der Waals surface area contributed by atoms with Crippen molar-refractivity contribution in [2.45, 2.75) is 0 Å². The molecule has 0 unspecified atom stereocenters. The lowest BCUT2D eigenvalue weighted by Gasteiger charge is -2.24. The van der Waals surface area contributed by atoms with Crippen molar-refractivity contribution >= 4 is 65.4 Å². The summed E-state index contributed by atoms with van der Waals surface area (Å²) < 4.78 is 6.99. The molecule has 11 nitrogen and oxygen atoms in total. The number of pyridine rings is 3. The van der Waals surface area contributed by atoms with Crippen molar-refractivity contribution < 1.29 is 0 Å². The normalized spacial score (nSPS) is 11.5. The maximum Gasteiger partial charge on any atom is 0.166 e. The van der Waals surface area contributed by atoms with Crippen molar-refractivity contribution in [2.75, 3.05) is 0 Å². The summed E-state index contributed by atoms with van der Waals surface area (Å²) in [6, 6.07) is 63.8. The van der Waals surface area contributed by atoms with Gasteiger partial charge in [0.05, 0.1) is 79.0 Å². The molecule has 0 radical (unpaired) electrons. The van der Waals surface area contributed by atoms with Crippen molar-refractivity contribution in [3.63, 3.8) is 0 Å². The molecule has 0 fully saturated rings. The summed E-state index contributed by atoms with van der Waals surface area (Å²) in [6.07, 6.45) is 11.3. The van der Waals surface area contributed by atoms with Gasteiger partial charge >= 0.3 is 0 Å². The van der Waals surface area contributed by atoms with Crippen LogP contribution in [0.3, 0.4) is 0 Å². The molecule has 0 aliphatic carbocycles. The Labute approximate surface area is 416 Å². The molecule has 7 aromatic heterocycles. The first-order valence-corrected chi connectivity index (χ1v) is 23.7. The topological polar surface area (TPSA) is 140 Å². The number of nitrogens with zero attached hydrogens (tertiary/aromatic N) is 11. The fourth-order valence-corrected chi connectivity index (χ4v) is 10.7. The SMILES string of the molecule is N#Cc1cc(-c2cc(-n3c4ccccc4c4cnccc43)c(-n3c4ccccc4c4cnccc43)c(-n3c4ccccc4c4cnccc43)c2)cc(C#N)c1-c1nc(-c2ccccc2)nc(-c2ccccc2)n1. The molecular formula is C62H35N11. The molecule has 0 aliphatic rings. The molecule has 0 spiro atoms. The van der Waals surface area contributed by atoms with Gasteiger partial charge in [0.1, 0.15) is 0 Å². The molecule has 14 rings (SSSR count). The number of hydrogen-bond donors (Lipinski definition) is 0.